The summed E-state index contributed by atoms with van der Waals surface area (Å²) in [5.74, 6) is -0.0363. The fraction of sp³-hybridized carbons (Fsp3) is 0.462. The molecule has 1 aliphatic rings. The quantitative estimate of drug-likeness (QED) is 0.744. The average molecular weight is 256 g/mol. The van der Waals surface area contributed by atoms with Crippen molar-refractivity contribution in [3.05, 3.63) is 35.1 Å². The molecule has 1 saturated heterocycles. The second-order valence-corrected chi connectivity index (χ2v) is 4.77. The average Bonchev–Trinajstić information content (AvgIpc) is 2.74. The van der Waals surface area contributed by atoms with Crippen molar-refractivity contribution in [1.82, 2.24) is 4.90 Å². The second kappa shape index (κ2) is 5.05. The maximum absolute atomic E-state index is 13.3. The van der Waals surface area contributed by atoms with E-state index in [9.17, 15) is 9.18 Å². The van der Waals surface area contributed by atoms with Crippen LogP contribution in [0.4, 0.5) is 4.39 Å². The summed E-state index contributed by atoms with van der Waals surface area (Å²) in [5, 5.41) is 0. The minimum atomic E-state index is -0.366. The van der Waals surface area contributed by atoms with E-state index in [1.807, 2.05) is 0 Å². The fourth-order valence-corrected chi connectivity index (χ4v) is 2.61. The molecule has 1 aromatic carbocycles. The lowest BCUT2D eigenvalue weighted by Crippen LogP contribution is -2.36. The predicted molar refractivity (Wildman–Crippen MR) is 65.9 cm³/mol. The van der Waals surface area contributed by atoms with Crippen LogP contribution in [0.5, 0.6) is 0 Å². The molecule has 1 aromatic rings. The van der Waals surface area contributed by atoms with Crippen molar-refractivity contribution in [2.45, 2.75) is 25.8 Å². The zero-order chi connectivity index (χ0) is 12.4. The number of alkyl halides is 1. The Hall–Kier alpha value is -1.09. The summed E-state index contributed by atoms with van der Waals surface area (Å²) in [6.07, 6.45) is 1.90. The van der Waals surface area contributed by atoms with Gasteiger partial charge in [-0.2, -0.15) is 0 Å². The van der Waals surface area contributed by atoms with Gasteiger partial charge in [0, 0.05) is 24.0 Å². The zero-order valence-corrected chi connectivity index (χ0v) is 10.5. The molecule has 0 radical (unpaired) electrons. The monoisotopic (exact) mass is 255 g/mol. The molecule has 1 aliphatic heterocycles. The van der Waals surface area contributed by atoms with Gasteiger partial charge >= 0.3 is 0 Å². The highest BCUT2D eigenvalue weighted by Crippen LogP contribution is 2.21. The van der Waals surface area contributed by atoms with Crippen LogP contribution < -0.4 is 0 Å². The molecule has 0 N–H and O–H groups in total. The molecule has 2 nitrogen and oxygen atoms in total. The van der Waals surface area contributed by atoms with Crippen LogP contribution >= 0.6 is 11.6 Å². The second-order valence-electron chi connectivity index (χ2n) is 4.47. The van der Waals surface area contributed by atoms with Gasteiger partial charge in [0.15, 0.2) is 0 Å². The van der Waals surface area contributed by atoms with Crippen molar-refractivity contribution in [3.63, 3.8) is 0 Å². The molecule has 0 saturated carbocycles. The molecule has 4 heteroatoms. The van der Waals surface area contributed by atoms with Crippen LogP contribution in [0.2, 0.25) is 0 Å². The van der Waals surface area contributed by atoms with Gasteiger partial charge in [-0.25, -0.2) is 4.39 Å². The van der Waals surface area contributed by atoms with Gasteiger partial charge in [0.05, 0.1) is 0 Å². The molecule has 1 fully saturated rings. The molecule has 1 unspecified atom stereocenters. The van der Waals surface area contributed by atoms with E-state index in [4.69, 9.17) is 11.6 Å². The molecule has 0 aromatic heterocycles. The van der Waals surface area contributed by atoms with E-state index in [-0.39, 0.29) is 17.8 Å². The van der Waals surface area contributed by atoms with Crippen molar-refractivity contribution >= 4 is 17.5 Å². The fourth-order valence-electron chi connectivity index (χ4n) is 2.29. The van der Waals surface area contributed by atoms with E-state index in [0.717, 1.165) is 18.4 Å². The topological polar surface area (TPSA) is 20.3 Å². The Morgan fingerprint density at radius 3 is 2.94 bits per heavy atom. The van der Waals surface area contributed by atoms with Gasteiger partial charge in [0.25, 0.3) is 5.91 Å². The lowest BCUT2D eigenvalue weighted by atomic mass is 10.1. The van der Waals surface area contributed by atoms with E-state index in [1.165, 1.54) is 12.1 Å². The standard InChI is InChI=1S/C13H15ClFNO/c1-9-5-10(7-11(15)6-9)13(17)16-4-2-3-12(16)8-14/h5-7,12H,2-4,8H2,1H3. The highest BCUT2D eigenvalue weighted by Gasteiger charge is 2.28. The van der Waals surface area contributed by atoms with Gasteiger partial charge < -0.3 is 4.90 Å². The molecule has 2 rings (SSSR count). The molecular weight excluding hydrogens is 241 g/mol. The van der Waals surface area contributed by atoms with Crippen molar-refractivity contribution < 1.29 is 9.18 Å². The number of carbonyl (C=O) groups is 1. The number of hydrogen-bond acceptors (Lipinski definition) is 1. The first-order chi connectivity index (χ1) is 8.11. The van der Waals surface area contributed by atoms with Crippen molar-refractivity contribution in [1.29, 1.82) is 0 Å². The summed E-state index contributed by atoms with van der Waals surface area (Å²) < 4.78 is 13.3. The predicted octanol–water partition coefficient (Wildman–Crippen LogP) is 2.98. The van der Waals surface area contributed by atoms with E-state index in [0.29, 0.717) is 18.0 Å². The smallest absolute Gasteiger partial charge is 0.254 e. The van der Waals surface area contributed by atoms with E-state index in [1.54, 1.807) is 17.9 Å². The Labute approximate surface area is 105 Å². The zero-order valence-electron chi connectivity index (χ0n) is 9.75. The number of hydrogen-bond donors (Lipinski definition) is 0. The summed E-state index contributed by atoms with van der Waals surface area (Å²) in [7, 11) is 0. The highest BCUT2D eigenvalue weighted by atomic mass is 35.5. The van der Waals surface area contributed by atoms with Crippen molar-refractivity contribution in [3.8, 4) is 0 Å². The molecule has 1 heterocycles. The van der Waals surface area contributed by atoms with Crippen LogP contribution in [0.15, 0.2) is 18.2 Å². The first-order valence-corrected chi connectivity index (χ1v) is 6.29. The van der Waals surface area contributed by atoms with E-state index in [2.05, 4.69) is 0 Å². The number of carbonyl (C=O) groups excluding carboxylic acids is 1. The van der Waals surface area contributed by atoms with Gasteiger partial charge in [0.1, 0.15) is 5.82 Å². The summed E-state index contributed by atoms with van der Waals surface area (Å²) in [4.78, 5) is 14.0. The lowest BCUT2D eigenvalue weighted by Gasteiger charge is -2.23. The third kappa shape index (κ3) is 2.60. The maximum atomic E-state index is 13.3. The summed E-state index contributed by atoms with van der Waals surface area (Å²) >= 11 is 5.83. The SMILES string of the molecule is Cc1cc(F)cc(C(=O)N2CCCC2CCl)c1. The van der Waals surface area contributed by atoms with Crippen LogP contribution in [0.25, 0.3) is 0 Å². The van der Waals surface area contributed by atoms with Gasteiger partial charge in [-0.05, 0) is 43.5 Å². The largest absolute Gasteiger partial charge is 0.334 e. The van der Waals surface area contributed by atoms with E-state index < -0.39 is 0 Å². The Balaban J connectivity index is 2.24. The number of likely N-dealkylation sites (tertiary alicyclic amines) is 1. The number of nitrogens with zero attached hydrogens (tertiary/aromatic N) is 1. The number of rotatable bonds is 2. The number of benzene rings is 1. The number of amides is 1. The first-order valence-electron chi connectivity index (χ1n) is 5.76. The Bertz CT molecular complexity index is 415. The molecule has 0 bridgehead atoms. The lowest BCUT2D eigenvalue weighted by molar-refractivity contribution is 0.0748. The molecule has 1 atom stereocenters. The van der Waals surface area contributed by atoms with Crippen LogP contribution in [-0.4, -0.2) is 29.3 Å². The summed E-state index contributed by atoms with van der Waals surface area (Å²) in [5.41, 5.74) is 1.18. The molecular formula is C13H15ClFNO. The van der Waals surface area contributed by atoms with E-state index >= 15 is 0 Å². The van der Waals surface area contributed by atoms with Crippen LogP contribution in [0.3, 0.4) is 0 Å². The van der Waals surface area contributed by atoms with Gasteiger partial charge in [-0.1, -0.05) is 0 Å². The van der Waals surface area contributed by atoms with Gasteiger partial charge in [-0.3, -0.25) is 4.79 Å². The first kappa shape index (κ1) is 12.4. The Morgan fingerprint density at radius 2 is 2.29 bits per heavy atom. The summed E-state index contributed by atoms with van der Waals surface area (Å²) in [6.45, 7) is 2.49. The molecule has 92 valence electrons. The molecule has 0 spiro atoms. The number of halogens is 2. The normalized spacial score (nSPS) is 19.7. The van der Waals surface area contributed by atoms with Crippen LogP contribution in [-0.2, 0) is 0 Å². The van der Waals surface area contributed by atoms with Crippen molar-refractivity contribution in [2.75, 3.05) is 12.4 Å². The van der Waals surface area contributed by atoms with Crippen molar-refractivity contribution in [2.24, 2.45) is 0 Å². The Morgan fingerprint density at radius 1 is 1.53 bits per heavy atom. The molecule has 17 heavy (non-hydrogen) atoms. The Kier molecular flexibility index (Phi) is 3.67. The maximum Gasteiger partial charge on any atom is 0.254 e. The van der Waals surface area contributed by atoms with Crippen LogP contribution in [0.1, 0.15) is 28.8 Å². The number of aryl methyl sites for hydroxylation is 1. The minimum absolute atomic E-state index is 0.0905. The molecule has 0 aliphatic carbocycles. The highest BCUT2D eigenvalue weighted by molar-refractivity contribution is 6.18. The minimum Gasteiger partial charge on any atom is -0.334 e. The molecule has 1 amide bonds. The third-order valence-electron chi connectivity index (χ3n) is 3.11. The van der Waals surface area contributed by atoms with Gasteiger partial charge in [0.2, 0.25) is 0 Å². The third-order valence-corrected chi connectivity index (χ3v) is 3.46. The van der Waals surface area contributed by atoms with Gasteiger partial charge in [-0.15, -0.1) is 11.6 Å². The van der Waals surface area contributed by atoms with Crippen LogP contribution in [0, 0.1) is 12.7 Å². The summed E-state index contributed by atoms with van der Waals surface area (Å²) in [6, 6.07) is 4.51.